The number of aliphatic hydroxyl groups excluding tert-OH is 1. The lowest BCUT2D eigenvalue weighted by Gasteiger charge is -2.35. The Labute approximate surface area is 245 Å². The Hall–Kier alpha value is -4.15. The number of hydrogen-bond donors (Lipinski definition) is 4. The highest BCUT2D eigenvalue weighted by Gasteiger charge is 2.71. The van der Waals surface area contributed by atoms with Gasteiger partial charge in [-0.1, -0.05) is 24.3 Å². The van der Waals surface area contributed by atoms with Crippen LogP contribution in [-0.2, 0) is 12.1 Å². The number of alkyl halides is 6. The van der Waals surface area contributed by atoms with E-state index in [9.17, 15) is 50.5 Å². The zero-order chi connectivity index (χ0) is 32.3. The normalized spacial score (nSPS) is 15.6. The maximum atomic E-state index is 14.7. The molecule has 0 bridgehead atoms. The zero-order valence-corrected chi connectivity index (χ0v) is 22.8. The summed E-state index contributed by atoms with van der Waals surface area (Å²) >= 11 is 0. The Morgan fingerprint density at radius 2 is 1.57 bits per heavy atom. The van der Waals surface area contributed by atoms with Crippen molar-refractivity contribution in [3.05, 3.63) is 89.1 Å². The lowest BCUT2D eigenvalue weighted by molar-refractivity contribution is -0.376. The third-order valence-electron chi connectivity index (χ3n) is 7.05. The molecule has 4 N–H and O–H groups in total. The molecule has 1 unspecified atom stereocenters. The van der Waals surface area contributed by atoms with Crippen LogP contribution in [0.25, 0.3) is 0 Å². The standard InChI is InChI=1S/C28H27F7N4O5/c29-20-14-18(5-8-21(20)37-25(42)36-15-22(40)23-2-1-13-44-23)24(41)39-11-9-38(10-12-39)16-17-3-6-19(7-4-17)26(43,27(30,31)32)28(33,34)35/h1-8,13-14,22,40,43H,9-12,15-16H2,(H2,36,37,42). The van der Waals surface area contributed by atoms with Gasteiger partial charge in [0.2, 0.25) is 0 Å². The molecular weight excluding hydrogens is 605 g/mol. The molecule has 3 amide bonds. The summed E-state index contributed by atoms with van der Waals surface area (Å²) in [4.78, 5) is 28.3. The summed E-state index contributed by atoms with van der Waals surface area (Å²) in [6.45, 7) is 1.01. The van der Waals surface area contributed by atoms with Crippen molar-refractivity contribution >= 4 is 17.6 Å². The molecule has 0 spiro atoms. The van der Waals surface area contributed by atoms with E-state index in [4.69, 9.17) is 4.42 Å². The number of anilines is 1. The van der Waals surface area contributed by atoms with Gasteiger partial charge in [0, 0.05) is 43.9 Å². The molecule has 2 heterocycles. The van der Waals surface area contributed by atoms with Crippen LogP contribution in [0.15, 0.2) is 65.3 Å². The number of aliphatic hydroxyl groups is 2. The number of carbonyl (C=O) groups excluding carboxylic acids is 2. The number of rotatable bonds is 8. The van der Waals surface area contributed by atoms with Crippen LogP contribution < -0.4 is 10.6 Å². The Morgan fingerprint density at radius 1 is 0.932 bits per heavy atom. The van der Waals surface area contributed by atoms with Crippen molar-refractivity contribution in [3.63, 3.8) is 0 Å². The lowest BCUT2D eigenvalue weighted by atomic mass is 9.91. The first-order valence-corrected chi connectivity index (χ1v) is 13.1. The summed E-state index contributed by atoms with van der Waals surface area (Å²) in [5.41, 5.74) is -6.15. The highest BCUT2D eigenvalue weighted by Crippen LogP contribution is 2.50. The Morgan fingerprint density at radius 3 is 2.11 bits per heavy atom. The summed E-state index contributed by atoms with van der Waals surface area (Å²) in [5.74, 6) is -1.12. The van der Waals surface area contributed by atoms with Crippen molar-refractivity contribution in [1.29, 1.82) is 0 Å². The fourth-order valence-electron chi connectivity index (χ4n) is 4.58. The van der Waals surface area contributed by atoms with Gasteiger partial charge in [0.15, 0.2) is 0 Å². The molecule has 1 aliphatic heterocycles. The maximum absolute atomic E-state index is 14.7. The maximum Gasteiger partial charge on any atom is 0.430 e. The molecule has 3 aromatic rings. The van der Waals surface area contributed by atoms with E-state index in [-0.39, 0.29) is 43.2 Å². The molecule has 0 saturated carbocycles. The fourth-order valence-corrected chi connectivity index (χ4v) is 4.58. The average Bonchev–Trinajstić information content (AvgIpc) is 3.51. The lowest BCUT2D eigenvalue weighted by Crippen LogP contribution is -2.53. The van der Waals surface area contributed by atoms with Gasteiger partial charge in [0.05, 0.1) is 18.5 Å². The van der Waals surface area contributed by atoms with Crippen LogP contribution in [0.4, 0.5) is 41.2 Å². The number of piperazine rings is 1. The second kappa shape index (κ2) is 12.8. The van der Waals surface area contributed by atoms with E-state index in [0.717, 1.165) is 18.2 Å². The van der Waals surface area contributed by atoms with E-state index < -0.39 is 47.4 Å². The summed E-state index contributed by atoms with van der Waals surface area (Å²) < 4.78 is 98.3. The van der Waals surface area contributed by atoms with Crippen LogP contribution in [0.5, 0.6) is 0 Å². The quantitative estimate of drug-likeness (QED) is 0.271. The highest BCUT2D eigenvalue weighted by molar-refractivity contribution is 5.95. The zero-order valence-electron chi connectivity index (χ0n) is 22.8. The number of nitrogens with one attached hydrogen (secondary N) is 2. The number of benzene rings is 2. The number of furan rings is 1. The van der Waals surface area contributed by atoms with Gasteiger partial charge in [0.1, 0.15) is 17.7 Å². The summed E-state index contributed by atoms with van der Waals surface area (Å²) in [7, 11) is 0. The largest absolute Gasteiger partial charge is 0.467 e. The van der Waals surface area contributed by atoms with Gasteiger partial charge in [0.25, 0.3) is 11.5 Å². The van der Waals surface area contributed by atoms with Crippen molar-refractivity contribution in [1.82, 2.24) is 15.1 Å². The number of amides is 3. The topological polar surface area (TPSA) is 118 Å². The van der Waals surface area contributed by atoms with Crippen molar-refractivity contribution in [3.8, 4) is 0 Å². The Bertz CT molecular complexity index is 1420. The summed E-state index contributed by atoms with van der Waals surface area (Å²) in [6.07, 6.45) is -11.7. The van der Waals surface area contributed by atoms with Gasteiger partial charge in [-0.15, -0.1) is 0 Å². The fraction of sp³-hybridized carbons (Fsp3) is 0.357. The van der Waals surface area contributed by atoms with Gasteiger partial charge in [-0.2, -0.15) is 26.3 Å². The van der Waals surface area contributed by atoms with Crippen molar-refractivity contribution in [2.24, 2.45) is 0 Å². The van der Waals surface area contributed by atoms with E-state index in [1.165, 1.54) is 29.4 Å². The number of nitrogens with zero attached hydrogens (tertiary/aromatic N) is 2. The molecule has 2 aromatic carbocycles. The molecule has 0 aliphatic carbocycles. The second-order valence-corrected chi connectivity index (χ2v) is 10.0. The predicted molar refractivity (Wildman–Crippen MR) is 141 cm³/mol. The first-order chi connectivity index (χ1) is 20.6. The molecule has 9 nitrogen and oxygen atoms in total. The minimum atomic E-state index is -5.98. The molecule has 238 valence electrons. The molecule has 44 heavy (non-hydrogen) atoms. The number of halogens is 7. The Kier molecular flexibility index (Phi) is 9.56. The predicted octanol–water partition coefficient (Wildman–Crippen LogP) is 4.54. The third-order valence-corrected chi connectivity index (χ3v) is 7.05. The van der Waals surface area contributed by atoms with Crippen LogP contribution in [-0.4, -0.2) is 77.0 Å². The smallest absolute Gasteiger partial charge is 0.430 e. The van der Waals surface area contributed by atoms with Gasteiger partial charge < -0.3 is 30.2 Å². The molecule has 1 saturated heterocycles. The first-order valence-electron chi connectivity index (χ1n) is 13.1. The van der Waals surface area contributed by atoms with Crippen LogP contribution >= 0.6 is 0 Å². The van der Waals surface area contributed by atoms with E-state index >= 15 is 0 Å². The van der Waals surface area contributed by atoms with Gasteiger partial charge in [-0.3, -0.25) is 9.69 Å². The van der Waals surface area contributed by atoms with Crippen molar-refractivity contribution in [2.75, 3.05) is 38.0 Å². The van der Waals surface area contributed by atoms with E-state index in [2.05, 4.69) is 10.6 Å². The second-order valence-electron chi connectivity index (χ2n) is 10.0. The minimum Gasteiger partial charge on any atom is -0.467 e. The van der Waals surface area contributed by atoms with E-state index in [0.29, 0.717) is 30.8 Å². The van der Waals surface area contributed by atoms with Crippen LogP contribution in [0.1, 0.15) is 33.3 Å². The van der Waals surface area contributed by atoms with E-state index in [1.807, 2.05) is 4.90 Å². The minimum absolute atomic E-state index is 0.0209. The van der Waals surface area contributed by atoms with E-state index in [1.54, 1.807) is 6.07 Å². The molecule has 16 heteroatoms. The monoisotopic (exact) mass is 632 g/mol. The number of urea groups is 1. The highest BCUT2D eigenvalue weighted by atomic mass is 19.4. The summed E-state index contributed by atoms with van der Waals surface area (Å²) in [6, 6.07) is 9.09. The van der Waals surface area contributed by atoms with Gasteiger partial charge in [-0.25, -0.2) is 9.18 Å². The molecule has 0 radical (unpaired) electrons. The van der Waals surface area contributed by atoms with Crippen LogP contribution in [0.3, 0.4) is 0 Å². The third kappa shape index (κ3) is 7.14. The number of carbonyl (C=O) groups is 2. The first kappa shape index (κ1) is 32.8. The molecule has 1 aromatic heterocycles. The average molecular weight is 633 g/mol. The molecule has 1 atom stereocenters. The molecule has 4 rings (SSSR count). The Balaban J connectivity index is 1.28. The van der Waals surface area contributed by atoms with Crippen LogP contribution in [0, 0.1) is 5.82 Å². The summed E-state index contributed by atoms with van der Waals surface area (Å²) in [5, 5.41) is 24.1. The van der Waals surface area contributed by atoms with Gasteiger partial charge >= 0.3 is 18.4 Å². The molecule has 1 aliphatic rings. The van der Waals surface area contributed by atoms with Crippen LogP contribution in [0.2, 0.25) is 0 Å². The van der Waals surface area contributed by atoms with Crippen molar-refractivity contribution < 1.29 is 55.0 Å². The SMILES string of the molecule is O=C(NCC(O)c1ccco1)Nc1ccc(C(=O)N2CCN(Cc3ccc(C(O)(C(F)(F)F)C(F)(F)F)cc3)CC2)cc1F. The van der Waals surface area contributed by atoms with Gasteiger partial charge in [-0.05, 0) is 35.9 Å². The van der Waals surface area contributed by atoms with Crippen molar-refractivity contribution in [2.45, 2.75) is 30.6 Å². The number of hydrogen-bond acceptors (Lipinski definition) is 6. The molecule has 1 fully saturated rings. The molecular formula is C28H27F7N4O5.